The monoisotopic (exact) mass is 508 g/mol. The normalized spacial score (nSPS) is 11.4. The molecule has 36 heavy (non-hydrogen) atoms. The summed E-state index contributed by atoms with van der Waals surface area (Å²) < 4.78 is 11.0. The highest BCUT2D eigenvalue weighted by Gasteiger charge is 2.29. The van der Waals surface area contributed by atoms with Crippen LogP contribution in [0.25, 0.3) is 0 Å². The summed E-state index contributed by atoms with van der Waals surface area (Å²) >= 11 is 6.06. The topological polar surface area (TPSA) is 67.9 Å². The van der Waals surface area contributed by atoms with Gasteiger partial charge in [0, 0.05) is 31.0 Å². The van der Waals surface area contributed by atoms with Crippen LogP contribution in [0, 0.1) is 0 Å². The molecular formula is C29H33ClN2O4. The van der Waals surface area contributed by atoms with Crippen molar-refractivity contribution in [2.75, 3.05) is 20.3 Å². The van der Waals surface area contributed by atoms with Crippen molar-refractivity contribution in [1.82, 2.24) is 10.2 Å². The fraction of sp³-hybridized carbons (Fsp3) is 0.310. The van der Waals surface area contributed by atoms with E-state index in [9.17, 15) is 9.59 Å². The Morgan fingerprint density at radius 2 is 1.58 bits per heavy atom. The van der Waals surface area contributed by atoms with E-state index in [1.54, 1.807) is 24.1 Å². The van der Waals surface area contributed by atoms with Gasteiger partial charge in [-0.05, 0) is 60.9 Å². The molecule has 0 aliphatic heterocycles. The molecule has 0 fully saturated rings. The maximum absolute atomic E-state index is 13.5. The molecule has 3 rings (SSSR count). The van der Waals surface area contributed by atoms with Crippen LogP contribution >= 0.6 is 11.6 Å². The number of rotatable bonds is 13. The van der Waals surface area contributed by atoms with E-state index in [4.69, 9.17) is 21.1 Å². The Labute approximate surface area is 218 Å². The number of hydrogen-bond acceptors (Lipinski definition) is 4. The van der Waals surface area contributed by atoms with E-state index in [0.717, 1.165) is 16.9 Å². The van der Waals surface area contributed by atoms with Crippen LogP contribution in [-0.2, 0) is 22.6 Å². The van der Waals surface area contributed by atoms with Gasteiger partial charge in [-0.3, -0.25) is 9.59 Å². The fourth-order valence-electron chi connectivity index (χ4n) is 3.86. The highest BCUT2D eigenvalue weighted by atomic mass is 35.5. The van der Waals surface area contributed by atoms with Crippen molar-refractivity contribution in [3.63, 3.8) is 0 Å². The summed E-state index contributed by atoms with van der Waals surface area (Å²) in [5, 5.41) is 3.53. The molecule has 2 amide bonds. The maximum Gasteiger partial charge on any atom is 0.243 e. The molecule has 190 valence electrons. The molecule has 0 unspecified atom stereocenters. The molecule has 0 saturated heterocycles. The van der Waals surface area contributed by atoms with Crippen molar-refractivity contribution in [3.8, 4) is 11.5 Å². The van der Waals surface area contributed by atoms with Crippen LogP contribution in [0.15, 0.2) is 78.9 Å². The molecule has 0 bridgehead atoms. The Morgan fingerprint density at radius 3 is 2.22 bits per heavy atom. The molecule has 1 N–H and O–H groups in total. The van der Waals surface area contributed by atoms with Crippen molar-refractivity contribution >= 4 is 23.4 Å². The molecule has 0 saturated carbocycles. The molecule has 6 nitrogen and oxygen atoms in total. The SMILES string of the molecule is CCNC(=O)[C@H](Cc1ccccc1)N(Cc1ccc(Cl)cc1)C(=O)CCCOc1ccc(OC)cc1. The van der Waals surface area contributed by atoms with Gasteiger partial charge in [0.05, 0.1) is 13.7 Å². The third kappa shape index (κ3) is 8.31. The summed E-state index contributed by atoms with van der Waals surface area (Å²) in [5.74, 6) is 1.20. The van der Waals surface area contributed by atoms with Gasteiger partial charge in [-0.25, -0.2) is 0 Å². The van der Waals surface area contributed by atoms with Gasteiger partial charge in [0.1, 0.15) is 17.5 Å². The number of carbonyl (C=O) groups excluding carboxylic acids is 2. The van der Waals surface area contributed by atoms with Gasteiger partial charge in [0.15, 0.2) is 0 Å². The second kappa shape index (κ2) is 14.1. The molecule has 3 aromatic rings. The summed E-state index contributed by atoms with van der Waals surface area (Å²) in [5.41, 5.74) is 1.90. The van der Waals surface area contributed by atoms with E-state index in [1.165, 1.54) is 0 Å². The zero-order valence-electron chi connectivity index (χ0n) is 20.8. The second-order valence-electron chi connectivity index (χ2n) is 8.38. The fourth-order valence-corrected chi connectivity index (χ4v) is 3.99. The Hall–Kier alpha value is -3.51. The quantitative estimate of drug-likeness (QED) is 0.319. The molecule has 7 heteroatoms. The summed E-state index contributed by atoms with van der Waals surface area (Å²) in [7, 11) is 1.61. The number of hydrogen-bond donors (Lipinski definition) is 1. The molecule has 0 aliphatic rings. The Balaban J connectivity index is 1.73. The average molecular weight is 509 g/mol. The lowest BCUT2D eigenvalue weighted by molar-refractivity contribution is -0.141. The standard InChI is InChI=1S/C29H33ClN2O4/c1-3-31-29(34)27(20-22-8-5-4-6-9-22)32(21-23-11-13-24(30)14-12-23)28(33)10-7-19-36-26-17-15-25(35-2)16-18-26/h4-6,8-9,11-18,27H,3,7,10,19-21H2,1-2H3,(H,31,34)/t27-/m0/s1. The molecule has 1 atom stereocenters. The Bertz CT molecular complexity index is 1090. The van der Waals surface area contributed by atoms with E-state index in [-0.39, 0.29) is 18.2 Å². The number of ether oxygens (including phenoxy) is 2. The Morgan fingerprint density at radius 1 is 0.917 bits per heavy atom. The number of methoxy groups -OCH3 is 1. The first kappa shape index (κ1) is 27.1. The molecule has 0 radical (unpaired) electrons. The van der Waals surface area contributed by atoms with Crippen LogP contribution < -0.4 is 14.8 Å². The number of likely N-dealkylation sites (N-methyl/N-ethyl adjacent to an activating group) is 1. The lowest BCUT2D eigenvalue weighted by atomic mass is 10.0. The average Bonchev–Trinajstić information content (AvgIpc) is 2.90. The van der Waals surface area contributed by atoms with Crippen molar-refractivity contribution in [2.45, 2.75) is 38.8 Å². The minimum Gasteiger partial charge on any atom is -0.497 e. The van der Waals surface area contributed by atoms with Gasteiger partial charge in [-0.15, -0.1) is 0 Å². The molecular weight excluding hydrogens is 476 g/mol. The third-order valence-corrected chi connectivity index (χ3v) is 6.00. The summed E-state index contributed by atoms with van der Waals surface area (Å²) in [6, 6.07) is 23.8. The smallest absolute Gasteiger partial charge is 0.243 e. The Kier molecular flexibility index (Phi) is 10.6. The molecule has 0 aromatic heterocycles. The zero-order valence-corrected chi connectivity index (χ0v) is 21.5. The van der Waals surface area contributed by atoms with Crippen LogP contribution in [0.5, 0.6) is 11.5 Å². The van der Waals surface area contributed by atoms with Crippen molar-refractivity contribution in [3.05, 3.63) is 95.0 Å². The first-order valence-corrected chi connectivity index (χ1v) is 12.5. The van der Waals surface area contributed by atoms with Crippen LogP contribution in [-0.4, -0.2) is 43.0 Å². The van der Waals surface area contributed by atoms with E-state index >= 15 is 0 Å². The summed E-state index contributed by atoms with van der Waals surface area (Å²) in [6.45, 7) is 3.06. The van der Waals surface area contributed by atoms with E-state index in [0.29, 0.717) is 43.3 Å². The van der Waals surface area contributed by atoms with Crippen LogP contribution in [0.1, 0.15) is 30.9 Å². The third-order valence-electron chi connectivity index (χ3n) is 5.75. The van der Waals surface area contributed by atoms with Gasteiger partial charge in [0.2, 0.25) is 11.8 Å². The highest BCUT2D eigenvalue weighted by molar-refractivity contribution is 6.30. The lowest BCUT2D eigenvalue weighted by Crippen LogP contribution is -2.50. The maximum atomic E-state index is 13.5. The van der Waals surface area contributed by atoms with Gasteiger partial charge in [-0.1, -0.05) is 54.1 Å². The van der Waals surface area contributed by atoms with E-state index in [1.807, 2.05) is 73.7 Å². The number of carbonyl (C=O) groups is 2. The van der Waals surface area contributed by atoms with Crippen molar-refractivity contribution in [1.29, 1.82) is 0 Å². The summed E-state index contributed by atoms with van der Waals surface area (Å²) in [6.07, 6.45) is 1.21. The van der Waals surface area contributed by atoms with Crippen LogP contribution in [0.2, 0.25) is 5.02 Å². The van der Waals surface area contributed by atoms with Gasteiger partial charge < -0.3 is 19.7 Å². The molecule has 0 spiro atoms. The van der Waals surface area contributed by atoms with Crippen molar-refractivity contribution < 1.29 is 19.1 Å². The second-order valence-corrected chi connectivity index (χ2v) is 8.81. The molecule has 0 aliphatic carbocycles. The zero-order chi connectivity index (χ0) is 25.8. The minimum atomic E-state index is -0.641. The number of benzene rings is 3. The molecule has 0 heterocycles. The minimum absolute atomic E-state index is 0.101. The summed E-state index contributed by atoms with van der Waals surface area (Å²) in [4.78, 5) is 28.3. The highest BCUT2D eigenvalue weighted by Crippen LogP contribution is 2.19. The van der Waals surface area contributed by atoms with Crippen molar-refractivity contribution in [2.24, 2.45) is 0 Å². The van der Waals surface area contributed by atoms with Crippen LogP contribution in [0.4, 0.5) is 0 Å². The van der Waals surface area contributed by atoms with Gasteiger partial charge >= 0.3 is 0 Å². The predicted octanol–water partition coefficient (Wildman–Crippen LogP) is 5.28. The van der Waals surface area contributed by atoms with Gasteiger partial charge in [0.25, 0.3) is 0 Å². The first-order chi connectivity index (χ1) is 17.5. The van der Waals surface area contributed by atoms with Crippen LogP contribution in [0.3, 0.4) is 0 Å². The van der Waals surface area contributed by atoms with E-state index < -0.39 is 6.04 Å². The van der Waals surface area contributed by atoms with E-state index in [2.05, 4.69) is 5.32 Å². The first-order valence-electron chi connectivity index (χ1n) is 12.1. The number of nitrogens with zero attached hydrogens (tertiary/aromatic N) is 1. The lowest BCUT2D eigenvalue weighted by Gasteiger charge is -2.31. The number of halogens is 1. The van der Waals surface area contributed by atoms with Gasteiger partial charge in [-0.2, -0.15) is 0 Å². The molecule has 3 aromatic carbocycles. The number of nitrogens with one attached hydrogen (secondary N) is 1. The predicted molar refractivity (Wildman–Crippen MR) is 142 cm³/mol. The largest absolute Gasteiger partial charge is 0.497 e. The number of amides is 2.